The molecule has 1 aromatic carbocycles. The first-order valence-electron chi connectivity index (χ1n) is 2.97. The second-order valence-corrected chi connectivity index (χ2v) is 3.23. The molecule has 1 rings (SSSR count). The Hall–Kier alpha value is -0.450. The van der Waals surface area contributed by atoms with E-state index in [2.05, 4.69) is 27.9 Å². The first-order chi connectivity index (χ1) is 4.74. The van der Waals surface area contributed by atoms with Crippen LogP contribution in [0.4, 0.5) is 11.4 Å². The van der Waals surface area contributed by atoms with Gasteiger partial charge in [0.1, 0.15) is 0 Å². The van der Waals surface area contributed by atoms with Gasteiger partial charge in [-0.05, 0) is 40.8 Å². The third-order valence-electron chi connectivity index (χ3n) is 1.28. The van der Waals surface area contributed by atoms with Gasteiger partial charge in [-0.15, -0.1) is 0 Å². The Bertz CT molecular complexity index is 235. The number of anilines is 2. The molecular weight excluding hydrogens is 239 g/mol. The minimum Gasteiger partial charge on any atom is -0.397 e. The van der Waals surface area contributed by atoms with Crippen molar-refractivity contribution in [1.82, 2.24) is 0 Å². The van der Waals surface area contributed by atoms with E-state index in [1.807, 2.05) is 25.2 Å². The van der Waals surface area contributed by atoms with Gasteiger partial charge in [-0.25, -0.2) is 0 Å². The molecule has 0 aliphatic heterocycles. The molecule has 0 amide bonds. The summed E-state index contributed by atoms with van der Waals surface area (Å²) < 4.78 is 1.19. The Balaban J connectivity index is 3.09. The molecule has 1 aromatic rings. The summed E-state index contributed by atoms with van der Waals surface area (Å²) in [5.74, 6) is 0. The van der Waals surface area contributed by atoms with E-state index in [-0.39, 0.29) is 0 Å². The molecule has 0 aromatic heterocycles. The zero-order valence-corrected chi connectivity index (χ0v) is 7.84. The zero-order valence-electron chi connectivity index (χ0n) is 5.69. The molecule has 10 heavy (non-hydrogen) atoms. The lowest BCUT2D eigenvalue weighted by molar-refractivity contribution is 1.50. The summed E-state index contributed by atoms with van der Waals surface area (Å²) in [6, 6.07) is 5.89. The summed E-state index contributed by atoms with van der Waals surface area (Å²) in [5, 5.41) is 3.01. The molecule has 54 valence electrons. The van der Waals surface area contributed by atoms with Crippen LogP contribution in [0.3, 0.4) is 0 Å². The molecule has 0 bridgehead atoms. The van der Waals surface area contributed by atoms with Crippen molar-refractivity contribution in [2.75, 3.05) is 18.1 Å². The maximum absolute atomic E-state index is 5.63. The van der Waals surface area contributed by atoms with Gasteiger partial charge in [-0.3, -0.25) is 0 Å². The highest BCUT2D eigenvalue weighted by Crippen LogP contribution is 2.19. The van der Waals surface area contributed by atoms with E-state index in [1.165, 1.54) is 3.57 Å². The highest BCUT2D eigenvalue weighted by atomic mass is 127. The predicted molar refractivity (Wildman–Crippen MR) is 53.1 cm³/mol. The maximum Gasteiger partial charge on any atom is 0.0581 e. The van der Waals surface area contributed by atoms with E-state index in [4.69, 9.17) is 5.73 Å². The summed E-state index contributed by atoms with van der Waals surface area (Å²) in [6.07, 6.45) is 0. The topological polar surface area (TPSA) is 38.0 Å². The SMILES string of the molecule is CNc1cc(I)ccc1N. The fraction of sp³-hybridized carbons (Fsp3) is 0.143. The molecule has 0 radical (unpaired) electrons. The predicted octanol–water partition coefficient (Wildman–Crippen LogP) is 1.92. The number of benzene rings is 1. The Morgan fingerprint density at radius 3 is 2.70 bits per heavy atom. The summed E-state index contributed by atoms with van der Waals surface area (Å²) in [6.45, 7) is 0. The van der Waals surface area contributed by atoms with Crippen LogP contribution in [0.5, 0.6) is 0 Å². The lowest BCUT2D eigenvalue weighted by Crippen LogP contribution is -1.95. The van der Waals surface area contributed by atoms with Crippen molar-refractivity contribution in [3.8, 4) is 0 Å². The van der Waals surface area contributed by atoms with Gasteiger partial charge in [0.05, 0.1) is 11.4 Å². The Morgan fingerprint density at radius 1 is 1.50 bits per heavy atom. The van der Waals surface area contributed by atoms with Crippen molar-refractivity contribution in [3.05, 3.63) is 21.8 Å². The van der Waals surface area contributed by atoms with Gasteiger partial charge in [0.15, 0.2) is 0 Å². The molecule has 0 spiro atoms. The van der Waals surface area contributed by atoms with Gasteiger partial charge in [0, 0.05) is 10.6 Å². The minimum atomic E-state index is 0.794. The van der Waals surface area contributed by atoms with Gasteiger partial charge < -0.3 is 11.1 Å². The van der Waals surface area contributed by atoms with Crippen LogP contribution < -0.4 is 11.1 Å². The maximum atomic E-state index is 5.63. The second-order valence-electron chi connectivity index (χ2n) is 1.98. The quantitative estimate of drug-likeness (QED) is 0.588. The van der Waals surface area contributed by atoms with Gasteiger partial charge >= 0.3 is 0 Å². The van der Waals surface area contributed by atoms with Gasteiger partial charge in [0.25, 0.3) is 0 Å². The number of nitrogens with one attached hydrogen (secondary N) is 1. The number of hydrogen-bond donors (Lipinski definition) is 2. The summed E-state index contributed by atoms with van der Waals surface area (Å²) in [7, 11) is 1.86. The third kappa shape index (κ3) is 1.53. The van der Waals surface area contributed by atoms with Crippen LogP contribution in [0.1, 0.15) is 0 Å². The molecule has 0 saturated heterocycles. The average Bonchev–Trinajstić information content (AvgIpc) is 1.94. The van der Waals surface area contributed by atoms with Crippen LogP contribution in [-0.2, 0) is 0 Å². The highest BCUT2D eigenvalue weighted by molar-refractivity contribution is 14.1. The van der Waals surface area contributed by atoms with Crippen molar-refractivity contribution in [3.63, 3.8) is 0 Å². The molecule has 0 atom stereocenters. The Kier molecular flexibility index (Phi) is 2.37. The molecular formula is C7H9IN2. The minimum absolute atomic E-state index is 0.794. The number of nitrogens with two attached hydrogens (primary N) is 1. The van der Waals surface area contributed by atoms with E-state index in [0.29, 0.717) is 0 Å². The lowest BCUT2D eigenvalue weighted by atomic mass is 10.3. The van der Waals surface area contributed by atoms with Gasteiger partial charge in [-0.2, -0.15) is 0 Å². The van der Waals surface area contributed by atoms with Crippen LogP contribution in [0.25, 0.3) is 0 Å². The lowest BCUT2D eigenvalue weighted by Gasteiger charge is -2.03. The molecule has 2 nitrogen and oxygen atoms in total. The fourth-order valence-corrected chi connectivity index (χ4v) is 1.24. The van der Waals surface area contributed by atoms with Crippen LogP contribution in [0, 0.1) is 3.57 Å². The standard InChI is InChI=1S/C7H9IN2/c1-10-7-4-5(8)2-3-6(7)9/h2-4,10H,9H2,1H3. The molecule has 0 fully saturated rings. The van der Waals surface area contributed by atoms with Crippen LogP contribution in [0.2, 0.25) is 0 Å². The molecule has 0 heterocycles. The monoisotopic (exact) mass is 248 g/mol. The average molecular weight is 248 g/mol. The third-order valence-corrected chi connectivity index (χ3v) is 1.96. The molecule has 0 aliphatic carbocycles. The van der Waals surface area contributed by atoms with E-state index < -0.39 is 0 Å². The van der Waals surface area contributed by atoms with Gasteiger partial charge in [-0.1, -0.05) is 0 Å². The fourth-order valence-electron chi connectivity index (χ4n) is 0.745. The van der Waals surface area contributed by atoms with Crippen molar-refractivity contribution < 1.29 is 0 Å². The van der Waals surface area contributed by atoms with Crippen LogP contribution in [0.15, 0.2) is 18.2 Å². The number of rotatable bonds is 1. The van der Waals surface area contributed by atoms with E-state index in [0.717, 1.165) is 11.4 Å². The molecule has 0 saturated carbocycles. The van der Waals surface area contributed by atoms with Crippen molar-refractivity contribution in [2.24, 2.45) is 0 Å². The number of hydrogen-bond acceptors (Lipinski definition) is 2. The second kappa shape index (κ2) is 3.09. The first-order valence-corrected chi connectivity index (χ1v) is 4.04. The highest BCUT2D eigenvalue weighted by Gasteiger charge is 1.94. The normalized spacial score (nSPS) is 9.40. The summed E-state index contributed by atoms with van der Waals surface area (Å²) in [4.78, 5) is 0. The molecule has 3 heteroatoms. The molecule has 3 N–H and O–H groups in total. The van der Waals surface area contributed by atoms with Crippen LogP contribution in [-0.4, -0.2) is 7.05 Å². The van der Waals surface area contributed by atoms with E-state index >= 15 is 0 Å². The number of nitrogen functional groups attached to an aromatic ring is 1. The Labute approximate surface area is 73.9 Å². The number of halogens is 1. The van der Waals surface area contributed by atoms with Gasteiger partial charge in [0.2, 0.25) is 0 Å². The van der Waals surface area contributed by atoms with E-state index in [9.17, 15) is 0 Å². The first kappa shape index (κ1) is 7.65. The van der Waals surface area contributed by atoms with Crippen molar-refractivity contribution in [1.29, 1.82) is 0 Å². The van der Waals surface area contributed by atoms with Crippen molar-refractivity contribution >= 4 is 34.0 Å². The zero-order chi connectivity index (χ0) is 7.56. The smallest absolute Gasteiger partial charge is 0.0581 e. The largest absolute Gasteiger partial charge is 0.397 e. The molecule has 0 unspecified atom stereocenters. The van der Waals surface area contributed by atoms with E-state index in [1.54, 1.807) is 0 Å². The molecule has 0 aliphatic rings. The van der Waals surface area contributed by atoms with Crippen molar-refractivity contribution in [2.45, 2.75) is 0 Å². The van der Waals surface area contributed by atoms with Crippen LogP contribution >= 0.6 is 22.6 Å². The summed E-state index contributed by atoms with van der Waals surface area (Å²) >= 11 is 2.25. The summed E-state index contributed by atoms with van der Waals surface area (Å²) in [5.41, 5.74) is 7.42. The Morgan fingerprint density at radius 2 is 2.20 bits per heavy atom.